The molecule has 0 bridgehead atoms. The maximum absolute atomic E-state index is 12.8. The van der Waals surface area contributed by atoms with Crippen molar-refractivity contribution in [3.63, 3.8) is 0 Å². The monoisotopic (exact) mass is 457 g/mol. The van der Waals surface area contributed by atoms with Crippen molar-refractivity contribution in [3.05, 3.63) is 47.0 Å². The Morgan fingerprint density at radius 1 is 1.09 bits per heavy atom. The summed E-state index contributed by atoms with van der Waals surface area (Å²) in [5.74, 6) is 0.741. The molecule has 2 aromatic heterocycles. The van der Waals surface area contributed by atoms with Gasteiger partial charge in [-0.15, -0.1) is 11.3 Å². The van der Waals surface area contributed by atoms with Gasteiger partial charge in [0.15, 0.2) is 0 Å². The second-order valence-corrected chi connectivity index (χ2v) is 8.25. The number of aromatic nitrogens is 2. The first-order chi connectivity index (χ1) is 15.6. The fourth-order valence-corrected chi connectivity index (χ4v) is 4.33. The topological polar surface area (TPSA) is 74.6 Å². The van der Waals surface area contributed by atoms with E-state index < -0.39 is 0 Å². The molecule has 7 nitrogen and oxygen atoms in total. The van der Waals surface area contributed by atoms with E-state index in [0.29, 0.717) is 25.3 Å². The van der Waals surface area contributed by atoms with E-state index in [1.165, 1.54) is 0 Å². The Labute approximate surface area is 193 Å². The van der Waals surface area contributed by atoms with Crippen LogP contribution in [0.2, 0.25) is 0 Å². The van der Waals surface area contributed by atoms with Gasteiger partial charge in [0, 0.05) is 57.2 Å². The maximum Gasteiger partial charge on any atom is 0.253 e. The average Bonchev–Trinajstić information content (AvgIpc) is 3.42. The number of carbonyl (C=O) groups is 1. The van der Waals surface area contributed by atoms with Gasteiger partial charge in [0.05, 0.1) is 24.1 Å². The van der Waals surface area contributed by atoms with E-state index in [-0.39, 0.29) is 5.91 Å². The van der Waals surface area contributed by atoms with Crippen molar-refractivity contribution < 1.29 is 19.0 Å². The fraction of sp³-hybridized carbons (Fsp3) is 0.417. The van der Waals surface area contributed by atoms with Gasteiger partial charge in [0.2, 0.25) is 0 Å². The van der Waals surface area contributed by atoms with Gasteiger partial charge in [-0.3, -0.25) is 4.79 Å². The molecular weight excluding hydrogens is 426 g/mol. The minimum atomic E-state index is -0.0732. The summed E-state index contributed by atoms with van der Waals surface area (Å²) < 4.78 is 17.7. The molecule has 0 aliphatic carbocycles. The van der Waals surface area contributed by atoms with Gasteiger partial charge < -0.3 is 24.1 Å². The second-order valence-electron chi connectivity index (χ2n) is 7.40. The zero-order chi connectivity index (χ0) is 22.9. The number of carbonyl (C=O) groups excluding carboxylic acids is 1. The number of nitrogens with zero attached hydrogens (tertiary/aromatic N) is 2. The van der Waals surface area contributed by atoms with Crippen LogP contribution in [-0.2, 0) is 16.0 Å². The lowest BCUT2D eigenvalue weighted by molar-refractivity contribution is 0.0948. The summed E-state index contributed by atoms with van der Waals surface area (Å²) in [6.07, 6.45) is 1.63. The van der Waals surface area contributed by atoms with Crippen LogP contribution in [0.4, 0.5) is 0 Å². The number of thiazole rings is 1. The number of hydrogen-bond acceptors (Lipinski definition) is 6. The third kappa shape index (κ3) is 5.76. The van der Waals surface area contributed by atoms with E-state index in [4.69, 9.17) is 19.2 Å². The molecule has 0 saturated heterocycles. The van der Waals surface area contributed by atoms with Crippen LogP contribution in [0.1, 0.15) is 28.9 Å². The summed E-state index contributed by atoms with van der Waals surface area (Å²) in [6, 6.07) is 9.81. The molecule has 1 amide bonds. The maximum atomic E-state index is 12.8. The Hall–Kier alpha value is -2.68. The van der Waals surface area contributed by atoms with Crippen molar-refractivity contribution in [2.45, 2.75) is 26.3 Å². The lowest BCUT2D eigenvalue weighted by Gasteiger charge is -2.11. The molecule has 0 radical (unpaired) electrons. The molecule has 2 heterocycles. The third-order valence-corrected chi connectivity index (χ3v) is 6.15. The van der Waals surface area contributed by atoms with Crippen molar-refractivity contribution in [2.75, 3.05) is 41.1 Å². The summed E-state index contributed by atoms with van der Waals surface area (Å²) in [5, 5.41) is 5.96. The molecule has 172 valence electrons. The molecule has 32 heavy (non-hydrogen) atoms. The van der Waals surface area contributed by atoms with Gasteiger partial charge >= 0.3 is 0 Å². The SMILES string of the molecule is COCCCNC(=O)c1cc(-c2csc(-c3ccc(OC)cc3)n2)n(CCCOC)c1C. The molecule has 1 N–H and O–H groups in total. The van der Waals surface area contributed by atoms with Crippen LogP contribution in [0.15, 0.2) is 35.7 Å². The van der Waals surface area contributed by atoms with E-state index >= 15 is 0 Å². The van der Waals surface area contributed by atoms with E-state index in [2.05, 4.69) is 9.88 Å². The van der Waals surface area contributed by atoms with Gasteiger partial charge in [-0.05, 0) is 50.1 Å². The lowest BCUT2D eigenvalue weighted by Crippen LogP contribution is -2.25. The van der Waals surface area contributed by atoms with Crippen LogP contribution >= 0.6 is 11.3 Å². The molecule has 0 aliphatic rings. The van der Waals surface area contributed by atoms with Crippen molar-refractivity contribution >= 4 is 17.2 Å². The van der Waals surface area contributed by atoms with Crippen LogP contribution in [-0.4, -0.2) is 56.5 Å². The minimum Gasteiger partial charge on any atom is -0.497 e. The van der Waals surface area contributed by atoms with E-state index in [1.54, 1.807) is 32.7 Å². The zero-order valence-electron chi connectivity index (χ0n) is 19.1. The van der Waals surface area contributed by atoms with Gasteiger partial charge in [-0.1, -0.05) is 0 Å². The molecule has 3 rings (SSSR count). The molecule has 0 atom stereocenters. The largest absolute Gasteiger partial charge is 0.497 e. The number of rotatable bonds is 12. The Bertz CT molecular complexity index is 1010. The van der Waals surface area contributed by atoms with E-state index in [0.717, 1.165) is 52.8 Å². The van der Waals surface area contributed by atoms with Crippen LogP contribution in [0.25, 0.3) is 22.0 Å². The fourth-order valence-electron chi connectivity index (χ4n) is 3.51. The van der Waals surface area contributed by atoms with Crippen LogP contribution in [0.3, 0.4) is 0 Å². The first-order valence-electron chi connectivity index (χ1n) is 10.7. The molecule has 0 aliphatic heterocycles. The molecule has 1 aromatic carbocycles. The first kappa shape index (κ1) is 24.0. The number of hydrogen-bond donors (Lipinski definition) is 1. The van der Waals surface area contributed by atoms with Gasteiger partial charge in [0.25, 0.3) is 5.91 Å². The highest BCUT2D eigenvalue weighted by molar-refractivity contribution is 7.13. The molecule has 0 saturated carbocycles. The zero-order valence-corrected chi connectivity index (χ0v) is 20.0. The number of nitrogens with one attached hydrogen (secondary N) is 1. The van der Waals surface area contributed by atoms with Gasteiger partial charge in [-0.25, -0.2) is 4.98 Å². The number of benzene rings is 1. The quantitative estimate of drug-likeness (QED) is 0.408. The Kier molecular flexibility index (Phi) is 8.84. The van der Waals surface area contributed by atoms with Crippen LogP contribution < -0.4 is 10.1 Å². The van der Waals surface area contributed by atoms with Gasteiger partial charge in [-0.2, -0.15) is 0 Å². The molecule has 0 fully saturated rings. The van der Waals surface area contributed by atoms with E-state index in [9.17, 15) is 4.79 Å². The highest BCUT2D eigenvalue weighted by Crippen LogP contribution is 2.32. The molecule has 0 unspecified atom stereocenters. The number of amides is 1. The molecule has 3 aromatic rings. The van der Waals surface area contributed by atoms with E-state index in [1.807, 2.05) is 42.6 Å². The van der Waals surface area contributed by atoms with Crippen LogP contribution in [0, 0.1) is 6.92 Å². The Morgan fingerprint density at radius 2 is 1.81 bits per heavy atom. The predicted octanol–water partition coefficient (Wildman–Crippen LogP) is 4.40. The Balaban J connectivity index is 1.88. The summed E-state index contributed by atoms with van der Waals surface area (Å²) in [4.78, 5) is 17.7. The summed E-state index contributed by atoms with van der Waals surface area (Å²) >= 11 is 1.59. The highest BCUT2D eigenvalue weighted by atomic mass is 32.1. The Morgan fingerprint density at radius 3 is 2.50 bits per heavy atom. The first-order valence-corrected chi connectivity index (χ1v) is 11.5. The van der Waals surface area contributed by atoms with Crippen molar-refractivity contribution in [1.29, 1.82) is 0 Å². The van der Waals surface area contributed by atoms with Crippen molar-refractivity contribution in [1.82, 2.24) is 14.9 Å². The number of methoxy groups -OCH3 is 3. The predicted molar refractivity (Wildman–Crippen MR) is 128 cm³/mol. The summed E-state index contributed by atoms with van der Waals surface area (Å²) in [5.41, 5.74) is 4.44. The van der Waals surface area contributed by atoms with Crippen molar-refractivity contribution in [2.24, 2.45) is 0 Å². The highest BCUT2D eigenvalue weighted by Gasteiger charge is 2.20. The van der Waals surface area contributed by atoms with Crippen LogP contribution in [0.5, 0.6) is 5.75 Å². The molecule has 8 heteroatoms. The summed E-state index contributed by atoms with van der Waals surface area (Å²) in [7, 11) is 5.01. The van der Waals surface area contributed by atoms with Gasteiger partial charge in [0.1, 0.15) is 10.8 Å². The number of ether oxygens (including phenoxy) is 3. The molecular formula is C24H31N3O4S. The smallest absolute Gasteiger partial charge is 0.253 e. The third-order valence-electron chi connectivity index (χ3n) is 5.26. The standard InChI is InChI=1S/C24H31N3O4S/c1-17-20(23(28)25-11-5-13-29-2)15-22(27(17)12-6-14-30-3)21-16-32-24(26-21)18-7-9-19(31-4)10-8-18/h7-10,15-16H,5-6,11-14H2,1-4H3,(H,25,28). The lowest BCUT2D eigenvalue weighted by atomic mass is 10.2. The molecule has 0 spiro atoms. The van der Waals surface area contributed by atoms with Crippen molar-refractivity contribution in [3.8, 4) is 27.7 Å². The normalized spacial score (nSPS) is 11.0. The second kappa shape index (κ2) is 11.8. The summed E-state index contributed by atoms with van der Waals surface area (Å²) in [6.45, 7) is 4.59. The average molecular weight is 458 g/mol. The minimum absolute atomic E-state index is 0.0732.